The SMILES string of the molecule is C=C(C)C(=O)OCCCCCOC(=O)c1ccc(C(=O)OCCCCCOC(=O)C(=C)C)cc1. The number of carbonyl (C=O) groups is 4. The minimum atomic E-state index is -0.471. The third-order valence-corrected chi connectivity index (χ3v) is 4.56. The summed E-state index contributed by atoms with van der Waals surface area (Å²) in [4.78, 5) is 46.7. The molecule has 0 aliphatic carbocycles. The Labute approximate surface area is 200 Å². The maximum absolute atomic E-state index is 12.1. The van der Waals surface area contributed by atoms with Gasteiger partial charge in [0.05, 0.1) is 37.6 Å². The Bertz CT molecular complexity index is 783. The van der Waals surface area contributed by atoms with Crippen LogP contribution in [0.4, 0.5) is 0 Å². The molecule has 0 aliphatic heterocycles. The van der Waals surface area contributed by atoms with Crippen molar-refractivity contribution in [2.45, 2.75) is 52.4 Å². The van der Waals surface area contributed by atoms with Crippen molar-refractivity contribution >= 4 is 23.9 Å². The Morgan fingerprint density at radius 1 is 0.559 bits per heavy atom. The zero-order chi connectivity index (χ0) is 25.3. The van der Waals surface area contributed by atoms with Gasteiger partial charge in [0, 0.05) is 11.1 Å². The predicted octanol–water partition coefficient (Wildman–Crippen LogP) is 4.58. The third-order valence-electron chi connectivity index (χ3n) is 4.56. The van der Waals surface area contributed by atoms with Crippen molar-refractivity contribution in [2.75, 3.05) is 26.4 Å². The molecule has 0 saturated carbocycles. The van der Waals surface area contributed by atoms with Gasteiger partial charge in [-0.05, 0) is 76.6 Å². The first-order valence-corrected chi connectivity index (χ1v) is 11.3. The molecule has 0 atom stereocenters. The van der Waals surface area contributed by atoms with Crippen molar-refractivity contribution in [3.63, 3.8) is 0 Å². The summed E-state index contributed by atoms with van der Waals surface area (Å²) < 4.78 is 20.4. The number of carbonyl (C=O) groups excluding carboxylic acids is 4. The first kappa shape index (κ1) is 28.6. The van der Waals surface area contributed by atoms with Crippen LogP contribution in [0.5, 0.6) is 0 Å². The van der Waals surface area contributed by atoms with Gasteiger partial charge in [0.15, 0.2) is 0 Å². The van der Waals surface area contributed by atoms with Gasteiger partial charge in [-0.2, -0.15) is 0 Å². The number of hydrogen-bond donors (Lipinski definition) is 0. The maximum Gasteiger partial charge on any atom is 0.338 e. The van der Waals surface area contributed by atoms with E-state index in [1.807, 2.05) is 0 Å². The molecule has 0 aliphatic rings. The molecular formula is C26H34O8. The first-order chi connectivity index (χ1) is 16.2. The molecule has 34 heavy (non-hydrogen) atoms. The monoisotopic (exact) mass is 474 g/mol. The molecule has 0 saturated heterocycles. The Hall–Kier alpha value is -3.42. The van der Waals surface area contributed by atoms with Crippen molar-refractivity contribution in [1.29, 1.82) is 0 Å². The summed E-state index contributed by atoms with van der Waals surface area (Å²) in [7, 11) is 0. The van der Waals surface area contributed by atoms with E-state index in [-0.39, 0.29) is 13.2 Å². The highest BCUT2D eigenvalue weighted by atomic mass is 16.5. The maximum atomic E-state index is 12.1. The van der Waals surface area contributed by atoms with Gasteiger partial charge >= 0.3 is 23.9 Å². The second-order valence-corrected chi connectivity index (χ2v) is 7.80. The fraction of sp³-hybridized carbons (Fsp3) is 0.462. The van der Waals surface area contributed by atoms with Crippen molar-refractivity contribution in [1.82, 2.24) is 0 Å². The summed E-state index contributed by atoms with van der Waals surface area (Å²) in [5.41, 5.74) is 1.42. The molecule has 0 N–H and O–H groups in total. The Kier molecular flexibility index (Phi) is 13.7. The molecule has 0 bridgehead atoms. The van der Waals surface area contributed by atoms with Crippen LogP contribution in [0.1, 0.15) is 73.1 Å². The van der Waals surface area contributed by atoms with Crippen LogP contribution in [0.15, 0.2) is 48.6 Å². The van der Waals surface area contributed by atoms with E-state index in [1.165, 1.54) is 24.3 Å². The first-order valence-electron chi connectivity index (χ1n) is 11.3. The van der Waals surface area contributed by atoms with Gasteiger partial charge in [0.2, 0.25) is 0 Å². The Balaban J connectivity index is 2.18. The number of unbranched alkanes of at least 4 members (excludes halogenated alkanes) is 4. The summed E-state index contributed by atoms with van der Waals surface area (Å²) in [6, 6.07) is 6.08. The van der Waals surface area contributed by atoms with Gasteiger partial charge in [-0.25, -0.2) is 19.2 Å². The molecule has 0 radical (unpaired) electrons. The molecule has 1 aromatic rings. The molecule has 1 rings (SSSR count). The highest BCUT2D eigenvalue weighted by molar-refractivity contribution is 5.93. The van der Waals surface area contributed by atoms with E-state index in [0.29, 0.717) is 61.2 Å². The van der Waals surface area contributed by atoms with Gasteiger partial charge in [-0.15, -0.1) is 0 Å². The van der Waals surface area contributed by atoms with E-state index in [1.54, 1.807) is 13.8 Å². The smallest absolute Gasteiger partial charge is 0.338 e. The fourth-order valence-corrected chi connectivity index (χ4v) is 2.58. The fourth-order valence-electron chi connectivity index (χ4n) is 2.58. The second-order valence-electron chi connectivity index (χ2n) is 7.80. The zero-order valence-electron chi connectivity index (χ0n) is 20.1. The van der Waals surface area contributed by atoms with E-state index in [2.05, 4.69) is 13.2 Å². The van der Waals surface area contributed by atoms with Crippen LogP contribution >= 0.6 is 0 Å². The topological polar surface area (TPSA) is 105 Å². The minimum absolute atomic E-state index is 0.253. The van der Waals surface area contributed by atoms with E-state index in [9.17, 15) is 19.2 Å². The molecule has 0 aromatic heterocycles. The largest absolute Gasteiger partial charge is 0.462 e. The summed E-state index contributed by atoms with van der Waals surface area (Å²) in [6.07, 6.45) is 4.15. The number of hydrogen-bond acceptors (Lipinski definition) is 8. The van der Waals surface area contributed by atoms with Crippen LogP contribution in [0, 0.1) is 0 Å². The van der Waals surface area contributed by atoms with Gasteiger partial charge in [0.1, 0.15) is 0 Å². The van der Waals surface area contributed by atoms with Crippen molar-refractivity contribution in [3.8, 4) is 0 Å². The van der Waals surface area contributed by atoms with Crippen LogP contribution in [-0.4, -0.2) is 50.3 Å². The number of esters is 4. The Morgan fingerprint density at radius 2 is 0.853 bits per heavy atom. The van der Waals surface area contributed by atoms with Crippen LogP contribution < -0.4 is 0 Å². The van der Waals surface area contributed by atoms with E-state index >= 15 is 0 Å². The van der Waals surface area contributed by atoms with Crippen molar-refractivity contribution in [3.05, 3.63) is 59.7 Å². The van der Waals surface area contributed by atoms with E-state index in [0.717, 1.165) is 12.8 Å². The van der Waals surface area contributed by atoms with Crippen molar-refractivity contribution in [2.24, 2.45) is 0 Å². The van der Waals surface area contributed by atoms with Gasteiger partial charge < -0.3 is 18.9 Å². The normalized spacial score (nSPS) is 10.2. The summed E-state index contributed by atoms with van der Waals surface area (Å²) in [6.45, 7) is 11.3. The molecule has 0 amide bonds. The molecular weight excluding hydrogens is 440 g/mol. The van der Waals surface area contributed by atoms with Crippen LogP contribution in [-0.2, 0) is 28.5 Å². The average molecular weight is 475 g/mol. The van der Waals surface area contributed by atoms with Crippen LogP contribution in [0.3, 0.4) is 0 Å². The molecule has 8 heteroatoms. The summed E-state index contributed by atoms with van der Waals surface area (Å²) in [5.74, 6) is -1.75. The van der Waals surface area contributed by atoms with E-state index < -0.39 is 23.9 Å². The second kappa shape index (κ2) is 16.2. The molecule has 0 unspecified atom stereocenters. The lowest BCUT2D eigenvalue weighted by atomic mass is 10.1. The van der Waals surface area contributed by atoms with Gasteiger partial charge in [-0.3, -0.25) is 0 Å². The lowest BCUT2D eigenvalue weighted by Crippen LogP contribution is -2.10. The molecule has 0 heterocycles. The minimum Gasteiger partial charge on any atom is -0.462 e. The standard InChI is InChI=1S/C26H34O8/c1-19(2)23(27)31-15-7-5-9-17-33-25(29)21-11-13-22(14-12-21)26(30)34-18-10-6-8-16-32-24(28)20(3)4/h11-14H,1,3,5-10,15-18H2,2,4H3. The number of benzene rings is 1. The molecule has 0 fully saturated rings. The lowest BCUT2D eigenvalue weighted by Gasteiger charge is -2.07. The molecule has 0 spiro atoms. The quantitative estimate of drug-likeness (QED) is 0.148. The highest BCUT2D eigenvalue weighted by Crippen LogP contribution is 2.09. The third kappa shape index (κ3) is 12.0. The van der Waals surface area contributed by atoms with Crippen molar-refractivity contribution < 1.29 is 38.1 Å². The van der Waals surface area contributed by atoms with E-state index in [4.69, 9.17) is 18.9 Å². The molecule has 1 aromatic carbocycles. The molecule has 8 nitrogen and oxygen atoms in total. The predicted molar refractivity (Wildman–Crippen MR) is 126 cm³/mol. The zero-order valence-corrected chi connectivity index (χ0v) is 20.1. The highest BCUT2D eigenvalue weighted by Gasteiger charge is 2.11. The average Bonchev–Trinajstić information content (AvgIpc) is 2.82. The number of rotatable bonds is 16. The van der Waals surface area contributed by atoms with Crippen LogP contribution in [0.2, 0.25) is 0 Å². The summed E-state index contributed by atoms with van der Waals surface area (Å²) in [5, 5.41) is 0. The van der Waals surface area contributed by atoms with Crippen LogP contribution in [0.25, 0.3) is 0 Å². The molecule has 186 valence electrons. The Morgan fingerprint density at radius 3 is 1.15 bits per heavy atom. The lowest BCUT2D eigenvalue weighted by molar-refractivity contribution is -0.139. The van der Waals surface area contributed by atoms with Gasteiger partial charge in [-0.1, -0.05) is 13.2 Å². The number of ether oxygens (including phenoxy) is 4. The summed E-state index contributed by atoms with van der Waals surface area (Å²) >= 11 is 0. The van der Waals surface area contributed by atoms with Gasteiger partial charge in [0.25, 0.3) is 0 Å².